The van der Waals surface area contributed by atoms with Gasteiger partial charge < -0.3 is 0 Å². The zero-order valence-corrected chi connectivity index (χ0v) is 9.93. The van der Waals surface area contributed by atoms with Crippen LogP contribution in [0.4, 0.5) is 0 Å². The van der Waals surface area contributed by atoms with Crippen LogP contribution in [0.2, 0.25) is 0 Å². The molecule has 0 amide bonds. The third-order valence-electron chi connectivity index (χ3n) is 2.10. The van der Waals surface area contributed by atoms with Gasteiger partial charge in [0.05, 0.1) is 0 Å². The summed E-state index contributed by atoms with van der Waals surface area (Å²) in [6.07, 6.45) is 0. The van der Waals surface area contributed by atoms with E-state index in [0.717, 1.165) is 5.56 Å². The Balaban J connectivity index is 3.19. The molecule has 4 heteroatoms. The molecule has 1 rings (SSSR count). The van der Waals surface area contributed by atoms with Crippen LogP contribution in [-0.4, -0.2) is 13.0 Å². The van der Waals surface area contributed by atoms with Crippen molar-refractivity contribution in [3.05, 3.63) is 35.4 Å². The van der Waals surface area contributed by atoms with E-state index in [1.54, 1.807) is 18.2 Å². The van der Waals surface area contributed by atoms with Crippen LogP contribution in [-0.2, 0) is 21.3 Å². The Morgan fingerprint density at radius 1 is 1.40 bits per heavy atom. The maximum Gasteiger partial charge on any atom is 0.269 e. The SMILES string of the molecule is CC(C)(C)c1c[c]ccc1CS(=O)(=O)O. The second-order valence-corrected chi connectivity index (χ2v) is 6.01. The Kier molecular flexibility index (Phi) is 3.21. The van der Waals surface area contributed by atoms with Crippen LogP contribution in [0.25, 0.3) is 0 Å². The Hall–Kier alpha value is -0.870. The third-order valence-corrected chi connectivity index (χ3v) is 2.78. The lowest BCUT2D eigenvalue weighted by atomic mass is 9.84. The molecule has 0 heterocycles. The lowest BCUT2D eigenvalue weighted by Crippen LogP contribution is -2.16. The van der Waals surface area contributed by atoms with Crippen molar-refractivity contribution in [1.82, 2.24) is 0 Å². The minimum absolute atomic E-state index is 0.155. The normalized spacial score (nSPS) is 12.8. The maximum absolute atomic E-state index is 10.8. The van der Waals surface area contributed by atoms with E-state index >= 15 is 0 Å². The van der Waals surface area contributed by atoms with E-state index < -0.39 is 10.1 Å². The fourth-order valence-corrected chi connectivity index (χ4v) is 2.13. The molecule has 3 nitrogen and oxygen atoms in total. The second kappa shape index (κ2) is 3.94. The van der Waals surface area contributed by atoms with Crippen molar-refractivity contribution in [2.24, 2.45) is 0 Å². The van der Waals surface area contributed by atoms with E-state index in [-0.39, 0.29) is 11.2 Å². The lowest BCUT2D eigenvalue weighted by molar-refractivity contribution is 0.481. The van der Waals surface area contributed by atoms with E-state index in [0.29, 0.717) is 5.56 Å². The Morgan fingerprint density at radius 2 is 2.00 bits per heavy atom. The summed E-state index contributed by atoms with van der Waals surface area (Å²) in [5, 5.41) is 0. The highest BCUT2D eigenvalue weighted by atomic mass is 32.2. The zero-order chi connectivity index (χ0) is 11.7. The number of hydrogen-bond acceptors (Lipinski definition) is 2. The fraction of sp³-hybridized carbons (Fsp3) is 0.455. The highest BCUT2D eigenvalue weighted by Crippen LogP contribution is 2.26. The molecular weight excluding hydrogens is 212 g/mol. The molecule has 0 bridgehead atoms. The van der Waals surface area contributed by atoms with Crippen LogP contribution in [0, 0.1) is 6.07 Å². The van der Waals surface area contributed by atoms with Gasteiger partial charge >= 0.3 is 0 Å². The minimum Gasteiger partial charge on any atom is -0.285 e. The van der Waals surface area contributed by atoms with Gasteiger partial charge in [-0.2, -0.15) is 8.42 Å². The fourth-order valence-electron chi connectivity index (χ4n) is 1.48. The van der Waals surface area contributed by atoms with Crippen molar-refractivity contribution in [3.63, 3.8) is 0 Å². The summed E-state index contributed by atoms with van der Waals surface area (Å²) in [5.74, 6) is -0.339. The van der Waals surface area contributed by atoms with Crippen LogP contribution < -0.4 is 0 Å². The molecule has 0 atom stereocenters. The van der Waals surface area contributed by atoms with Crippen LogP contribution in [0.3, 0.4) is 0 Å². The van der Waals surface area contributed by atoms with E-state index in [1.165, 1.54) is 0 Å². The molecule has 1 aromatic rings. The number of hydrogen-bond donors (Lipinski definition) is 1. The Morgan fingerprint density at radius 3 is 2.47 bits per heavy atom. The minimum atomic E-state index is -3.97. The molecule has 1 N–H and O–H groups in total. The molecule has 0 aromatic heterocycles. The molecule has 1 radical (unpaired) electrons. The van der Waals surface area contributed by atoms with E-state index in [9.17, 15) is 8.42 Å². The standard InChI is InChI=1S/C11H15O3S/c1-11(2,3)10-7-5-4-6-9(10)8-15(12,13)14/h4,6-7H,8H2,1-3H3,(H,12,13,14). The van der Waals surface area contributed by atoms with E-state index in [2.05, 4.69) is 6.07 Å². The summed E-state index contributed by atoms with van der Waals surface area (Å²) < 4.78 is 30.5. The average Bonchev–Trinajstić information content (AvgIpc) is 1.99. The van der Waals surface area contributed by atoms with Gasteiger partial charge in [-0.15, -0.1) is 0 Å². The van der Waals surface area contributed by atoms with Crippen molar-refractivity contribution in [1.29, 1.82) is 0 Å². The quantitative estimate of drug-likeness (QED) is 0.788. The molecule has 0 fully saturated rings. The summed E-state index contributed by atoms with van der Waals surface area (Å²) in [6, 6.07) is 8.01. The predicted molar refractivity (Wildman–Crippen MR) is 59.2 cm³/mol. The summed E-state index contributed by atoms with van der Waals surface area (Å²) in [7, 11) is -3.97. The molecule has 0 unspecified atom stereocenters. The molecule has 0 saturated carbocycles. The third kappa shape index (κ3) is 3.64. The molecule has 0 aliphatic carbocycles. The van der Waals surface area contributed by atoms with Crippen molar-refractivity contribution in [2.75, 3.05) is 0 Å². The highest BCUT2D eigenvalue weighted by molar-refractivity contribution is 7.85. The monoisotopic (exact) mass is 227 g/mol. The molecule has 83 valence electrons. The second-order valence-electron chi connectivity index (χ2n) is 4.56. The molecule has 0 spiro atoms. The topological polar surface area (TPSA) is 54.4 Å². The molecule has 0 aliphatic heterocycles. The molecule has 1 aromatic carbocycles. The van der Waals surface area contributed by atoms with Crippen LogP contribution in [0.15, 0.2) is 18.2 Å². The molecule has 15 heavy (non-hydrogen) atoms. The smallest absolute Gasteiger partial charge is 0.269 e. The zero-order valence-electron chi connectivity index (χ0n) is 9.11. The maximum atomic E-state index is 10.8. The van der Waals surface area contributed by atoms with Gasteiger partial charge in [-0.1, -0.05) is 39.0 Å². The summed E-state index contributed by atoms with van der Waals surface area (Å²) in [6.45, 7) is 5.97. The van der Waals surface area contributed by atoms with Crippen molar-refractivity contribution in [3.8, 4) is 0 Å². The van der Waals surface area contributed by atoms with Crippen LogP contribution >= 0.6 is 0 Å². The largest absolute Gasteiger partial charge is 0.285 e. The average molecular weight is 227 g/mol. The summed E-state index contributed by atoms with van der Waals surface area (Å²) in [5.41, 5.74) is 1.36. The van der Waals surface area contributed by atoms with Crippen LogP contribution in [0.5, 0.6) is 0 Å². The van der Waals surface area contributed by atoms with Gasteiger partial charge in [-0.05, 0) is 22.6 Å². The predicted octanol–water partition coefficient (Wildman–Crippen LogP) is 2.17. The Bertz CT molecular complexity index is 441. The van der Waals surface area contributed by atoms with Gasteiger partial charge in [0.2, 0.25) is 0 Å². The van der Waals surface area contributed by atoms with Gasteiger partial charge in [0.1, 0.15) is 5.75 Å². The highest BCUT2D eigenvalue weighted by Gasteiger charge is 2.19. The van der Waals surface area contributed by atoms with Gasteiger partial charge in [-0.3, -0.25) is 4.55 Å². The summed E-state index contributed by atoms with van der Waals surface area (Å²) in [4.78, 5) is 0. The van der Waals surface area contributed by atoms with Gasteiger partial charge in [0, 0.05) is 0 Å². The van der Waals surface area contributed by atoms with E-state index in [4.69, 9.17) is 4.55 Å². The van der Waals surface area contributed by atoms with Crippen LogP contribution in [0.1, 0.15) is 31.9 Å². The van der Waals surface area contributed by atoms with Gasteiger partial charge in [0.25, 0.3) is 10.1 Å². The van der Waals surface area contributed by atoms with Crippen molar-refractivity contribution in [2.45, 2.75) is 31.9 Å². The lowest BCUT2D eigenvalue weighted by Gasteiger charge is -2.22. The summed E-state index contributed by atoms with van der Waals surface area (Å²) >= 11 is 0. The van der Waals surface area contributed by atoms with Gasteiger partial charge in [0.15, 0.2) is 0 Å². The molecule has 0 saturated heterocycles. The van der Waals surface area contributed by atoms with Gasteiger partial charge in [-0.25, -0.2) is 0 Å². The number of benzene rings is 1. The first kappa shape index (κ1) is 12.2. The molecule has 0 aliphatic rings. The van der Waals surface area contributed by atoms with Crippen molar-refractivity contribution < 1.29 is 13.0 Å². The van der Waals surface area contributed by atoms with E-state index in [1.807, 2.05) is 20.8 Å². The first-order chi connectivity index (χ1) is 6.70. The van der Waals surface area contributed by atoms with Crippen molar-refractivity contribution >= 4 is 10.1 Å². The number of rotatable bonds is 2. The first-order valence-corrected chi connectivity index (χ1v) is 6.26. The first-order valence-electron chi connectivity index (χ1n) is 4.65. The Labute approximate surface area is 90.9 Å². The molecular formula is C11H15O3S.